The lowest BCUT2D eigenvalue weighted by Crippen LogP contribution is -2.42. The molecule has 17 heavy (non-hydrogen) atoms. The largest absolute Gasteiger partial charge is 0.357 e. The van der Waals surface area contributed by atoms with Crippen LogP contribution in [0.2, 0.25) is 0 Å². The number of benzene rings is 1. The number of Topliss-reactive ketones (excluding diaryl/α,β-unsaturated/α-hetero) is 1. The summed E-state index contributed by atoms with van der Waals surface area (Å²) in [7, 11) is 0. The third-order valence-electron chi connectivity index (χ3n) is 2.75. The molecule has 0 aliphatic carbocycles. The summed E-state index contributed by atoms with van der Waals surface area (Å²) in [5, 5.41) is 0. The third kappa shape index (κ3) is 1.63. The van der Waals surface area contributed by atoms with Crippen LogP contribution in [0.4, 0.5) is 17.6 Å². The molecule has 0 bridgehead atoms. The van der Waals surface area contributed by atoms with Crippen molar-refractivity contribution >= 4 is 5.78 Å². The van der Waals surface area contributed by atoms with E-state index in [1.807, 2.05) is 0 Å². The van der Waals surface area contributed by atoms with Crippen LogP contribution in [0.1, 0.15) is 12.5 Å². The van der Waals surface area contributed by atoms with Crippen LogP contribution in [0.5, 0.6) is 0 Å². The summed E-state index contributed by atoms with van der Waals surface area (Å²) in [4.78, 5) is 10.9. The summed E-state index contributed by atoms with van der Waals surface area (Å²) < 4.78 is 57.9. The molecule has 1 saturated heterocycles. The fourth-order valence-corrected chi connectivity index (χ4v) is 1.68. The van der Waals surface area contributed by atoms with Crippen LogP contribution >= 0.6 is 0 Å². The van der Waals surface area contributed by atoms with E-state index in [-0.39, 0.29) is 0 Å². The fraction of sp³-hybridized carbons (Fsp3) is 0.364. The van der Waals surface area contributed by atoms with E-state index in [0.717, 1.165) is 12.1 Å². The molecule has 92 valence electrons. The molecule has 1 aliphatic rings. The van der Waals surface area contributed by atoms with Crippen molar-refractivity contribution < 1.29 is 27.1 Å². The molecule has 1 fully saturated rings. The van der Waals surface area contributed by atoms with Crippen LogP contribution in [0.3, 0.4) is 0 Å². The average molecular weight is 248 g/mol. The normalized spacial score (nSPS) is 23.6. The minimum absolute atomic E-state index is 0.470. The average Bonchev–Trinajstić information content (AvgIpc) is 2.98. The standard InChI is InChI=1S/C11H8F4O2/c1-6(16)11(14,15)10(5-17-10)8-3-2-7(12)4-9(8)13/h2-4H,5H2,1H3. The zero-order chi connectivity index (χ0) is 12.8. The second-order valence-corrected chi connectivity index (χ2v) is 3.87. The van der Waals surface area contributed by atoms with Gasteiger partial charge in [-0.05, 0) is 12.1 Å². The van der Waals surface area contributed by atoms with Crippen LogP contribution in [0, 0.1) is 11.6 Å². The Hall–Kier alpha value is -1.43. The highest BCUT2D eigenvalue weighted by atomic mass is 19.3. The van der Waals surface area contributed by atoms with Crippen LogP contribution in [0.25, 0.3) is 0 Å². The summed E-state index contributed by atoms with van der Waals surface area (Å²) in [5.74, 6) is -7.28. The molecule has 0 saturated carbocycles. The molecule has 2 nitrogen and oxygen atoms in total. The minimum Gasteiger partial charge on any atom is -0.357 e. The van der Waals surface area contributed by atoms with Gasteiger partial charge in [-0.1, -0.05) is 0 Å². The SMILES string of the molecule is CC(=O)C(F)(F)C1(c2ccc(F)cc2F)CO1. The Morgan fingerprint density at radius 3 is 2.41 bits per heavy atom. The van der Waals surface area contributed by atoms with Gasteiger partial charge in [-0.15, -0.1) is 0 Å². The lowest BCUT2D eigenvalue weighted by Gasteiger charge is -2.21. The van der Waals surface area contributed by atoms with Crippen molar-refractivity contribution in [3.05, 3.63) is 35.4 Å². The van der Waals surface area contributed by atoms with Crippen LogP contribution in [0.15, 0.2) is 18.2 Å². The first-order valence-electron chi connectivity index (χ1n) is 4.79. The van der Waals surface area contributed by atoms with Crippen molar-refractivity contribution in [2.75, 3.05) is 6.61 Å². The number of carbonyl (C=O) groups excluding carboxylic acids is 1. The van der Waals surface area contributed by atoms with Crippen LogP contribution in [-0.2, 0) is 15.1 Å². The number of hydrogen-bond acceptors (Lipinski definition) is 2. The number of carbonyl (C=O) groups is 1. The van der Waals surface area contributed by atoms with E-state index >= 15 is 0 Å². The zero-order valence-corrected chi connectivity index (χ0v) is 8.77. The maximum Gasteiger partial charge on any atom is 0.339 e. The Kier molecular flexibility index (Phi) is 2.50. The topological polar surface area (TPSA) is 29.6 Å². The van der Waals surface area contributed by atoms with Gasteiger partial charge in [0.25, 0.3) is 0 Å². The van der Waals surface area contributed by atoms with Crippen LogP contribution in [-0.4, -0.2) is 18.3 Å². The molecule has 1 unspecified atom stereocenters. The van der Waals surface area contributed by atoms with Gasteiger partial charge in [0, 0.05) is 18.6 Å². The molecule has 1 aromatic rings. The predicted molar refractivity (Wildman–Crippen MR) is 49.6 cm³/mol. The minimum atomic E-state index is -3.83. The quantitative estimate of drug-likeness (QED) is 0.607. The van der Waals surface area contributed by atoms with E-state index in [2.05, 4.69) is 4.74 Å². The van der Waals surface area contributed by atoms with Gasteiger partial charge in [0.2, 0.25) is 5.78 Å². The van der Waals surface area contributed by atoms with Crippen LogP contribution < -0.4 is 0 Å². The molecule has 0 aromatic heterocycles. The number of ketones is 1. The Balaban J connectivity index is 2.50. The van der Waals surface area contributed by atoms with Crippen molar-refractivity contribution in [3.63, 3.8) is 0 Å². The monoisotopic (exact) mass is 248 g/mol. The molecular weight excluding hydrogens is 240 g/mol. The highest BCUT2D eigenvalue weighted by Crippen LogP contribution is 2.52. The molecule has 0 amide bonds. The molecule has 2 rings (SSSR count). The summed E-state index contributed by atoms with van der Waals surface area (Å²) >= 11 is 0. The Morgan fingerprint density at radius 2 is 2.00 bits per heavy atom. The molecule has 0 N–H and O–H groups in total. The van der Waals surface area contributed by atoms with Gasteiger partial charge in [0.1, 0.15) is 11.6 Å². The van der Waals surface area contributed by atoms with Gasteiger partial charge in [-0.3, -0.25) is 4.79 Å². The van der Waals surface area contributed by atoms with E-state index in [1.165, 1.54) is 0 Å². The van der Waals surface area contributed by atoms with Gasteiger partial charge in [-0.25, -0.2) is 8.78 Å². The van der Waals surface area contributed by atoms with Gasteiger partial charge >= 0.3 is 5.92 Å². The molecule has 1 aliphatic heterocycles. The number of alkyl halides is 2. The maximum absolute atomic E-state index is 13.6. The van der Waals surface area contributed by atoms with Crippen molar-refractivity contribution in [1.29, 1.82) is 0 Å². The zero-order valence-electron chi connectivity index (χ0n) is 8.77. The Bertz CT molecular complexity index is 480. The molecular formula is C11H8F4O2. The summed E-state index contributed by atoms with van der Waals surface area (Å²) in [6.07, 6.45) is 0. The molecule has 6 heteroatoms. The highest BCUT2D eigenvalue weighted by molar-refractivity contribution is 5.85. The van der Waals surface area contributed by atoms with Crippen molar-refractivity contribution in [1.82, 2.24) is 0 Å². The second kappa shape index (κ2) is 3.53. The van der Waals surface area contributed by atoms with E-state index in [1.54, 1.807) is 0 Å². The Morgan fingerprint density at radius 1 is 1.41 bits per heavy atom. The number of hydrogen-bond donors (Lipinski definition) is 0. The molecule has 0 radical (unpaired) electrons. The second-order valence-electron chi connectivity index (χ2n) is 3.87. The lowest BCUT2D eigenvalue weighted by molar-refractivity contribution is -0.152. The first kappa shape index (κ1) is 12.0. The van der Waals surface area contributed by atoms with Gasteiger partial charge in [0.15, 0.2) is 5.60 Å². The van der Waals surface area contributed by atoms with Gasteiger partial charge < -0.3 is 4.74 Å². The maximum atomic E-state index is 13.6. The van der Waals surface area contributed by atoms with E-state index in [0.29, 0.717) is 13.0 Å². The summed E-state index contributed by atoms with van der Waals surface area (Å²) in [6.45, 7) is 0.229. The predicted octanol–water partition coefficient (Wildman–Crippen LogP) is 2.41. The first-order valence-corrected chi connectivity index (χ1v) is 4.79. The Labute approximate surface area is 94.2 Å². The smallest absolute Gasteiger partial charge is 0.339 e. The lowest BCUT2D eigenvalue weighted by atomic mass is 9.90. The summed E-state index contributed by atoms with van der Waals surface area (Å²) in [6, 6.07) is 2.20. The molecule has 0 spiro atoms. The number of ether oxygens (including phenoxy) is 1. The van der Waals surface area contributed by atoms with E-state index < -0.39 is 41.1 Å². The van der Waals surface area contributed by atoms with Gasteiger partial charge in [0.05, 0.1) is 6.61 Å². The fourth-order valence-electron chi connectivity index (χ4n) is 1.68. The van der Waals surface area contributed by atoms with Crippen molar-refractivity contribution in [2.45, 2.75) is 18.4 Å². The van der Waals surface area contributed by atoms with Gasteiger partial charge in [-0.2, -0.15) is 8.78 Å². The van der Waals surface area contributed by atoms with E-state index in [4.69, 9.17) is 0 Å². The van der Waals surface area contributed by atoms with Crippen molar-refractivity contribution in [3.8, 4) is 0 Å². The number of halogens is 4. The van der Waals surface area contributed by atoms with Crippen molar-refractivity contribution in [2.24, 2.45) is 0 Å². The highest BCUT2D eigenvalue weighted by Gasteiger charge is 2.69. The molecule has 1 atom stereocenters. The summed E-state index contributed by atoms with van der Waals surface area (Å²) in [5.41, 5.74) is -2.78. The first-order chi connectivity index (χ1) is 7.81. The molecule has 1 heterocycles. The molecule has 1 aromatic carbocycles. The van der Waals surface area contributed by atoms with E-state index in [9.17, 15) is 22.4 Å². The third-order valence-corrected chi connectivity index (χ3v) is 2.75. The number of epoxide rings is 1. The number of rotatable bonds is 3.